The van der Waals surface area contributed by atoms with Gasteiger partial charge in [-0.2, -0.15) is 13.0 Å². The molecule has 13 heteroatoms. The van der Waals surface area contributed by atoms with Gasteiger partial charge in [-0.15, -0.1) is 11.3 Å². The largest absolute Gasteiger partial charge is 0.349 e. The summed E-state index contributed by atoms with van der Waals surface area (Å²) >= 11 is 4.89. The van der Waals surface area contributed by atoms with Crippen LogP contribution in [0.3, 0.4) is 0 Å². The van der Waals surface area contributed by atoms with Crippen LogP contribution in [-0.2, 0) is 28.0 Å². The van der Waals surface area contributed by atoms with Gasteiger partial charge < -0.3 is 15.5 Å². The van der Waals surface area contributed by atoms with Crippen molar-refractivity contribution < 1.29 is 22.3 Å². The first kappa shape index (κ1) is 37.3. The van der Waals surface area contributed by atoms with Gasteiger partial charge in [-0.3, -0.25) is 9.35 Å². The van der Waals surface area contributed by atoms with E-state index in [0.717, 1.165) is 80.6 Å². The number of amides is 1. The standard InChI is InChI=1S/C44H37N5O4S4/c50-41(27-33(43-46-34-15-5-8-18-38(34)55-43)44-47-35-16-6-9-19-39(35)56-44)45-28-49-37-25-30(29-12-2-1-3-13-29)20-21-40(37)54-42(49)26-32-24-31-14-4-7-17-36(31)48(32)22-10-11-23-57(51,52)53/h1-9,12-21,25-26H,10-11,22-24,27-28H2,(H2-,45,46,47,50,51,52,53)/p+1. The number of para-hydroxylation sites is 3. The number of hydrogen-bond acceptors (Lipinski definition) is 9. The predicted molar refractivity (Wildman–Crippen MR) is 234 cm³/mol. The highest BCUT2D eigenvalue weighted by Crippen LogP contribution is 2.45. The summed E-state index contributed by atoms with van der Waals surface area (Å²) in [5.41, 5.74) is 9.37. The summed E-state index contributed by atoms with van der Waals surface area (Å²) in [6.45, 7) is 0.859. The minimum absolute atomic E-state index is 0.117. The molecule has 0 bridgehead atoms. The Balaban J connectivity index is 1.05. The summed E-state index contributed by atoms with van der Waals surface area (Å²) in [7, 11) is -4.03. The Bertz CT molecular complexity index is 2770. The van der Waals surface area contributed by atoms with Crippen molar-refractivity contribution in [1.29, 1.82) is 0 Å². The molecule has 286 valence electrons. The smallest absolute Gasteiger partial charge is 0.266 e. The average molecular weight is 829 g/mol. The van der Waals surface area contributed by atoms with Gasteiger partial charge in [0.1, 0.15) is 9.71 Å². The molecule has 0 saturated heterocycles. The van der Waals surface area contributed by atoms with Crippen molar-refractivity contribution in [2.24, 2.45) is 0 Å². The fourth-order valence-corrected chi connectivity index (χ4v) is 11.1. The first-order chi connectivity index (χ1) is 27.8. The zero-order valence-electron chi connectivity index (χ0n) is 30.7. The normalized spacial score (nSPS) is 15.2. The average Bonchev–Trinajstić information content (AvgIpc) is 4.00. The predicted octanol–water partition coefficient (Wildman–Crippen LogP) is 9.59. The van der Waals surface area contributed by atoms with E-state index in [1.54, 1.807) is 34.4 Å². The molecule has 7 aromatic rings. The Morgan fingerprint density at radius 2 is 1.67 bits per heavy atom. The molecular formula is C44H38N5O4S4+. The number of carbonyl (C=O) groups excluding carboxylic acids is 1. The number of anilines is 2. The number of aromatic nitrogens is 2. The molecule has 0 fully saturated rings. The van der Waals surface area contributed by atoms with Gasteiger partial charge in [-0.05, 0) is 65.9 Å². The second-order valence-electron chi connectivity index (χ2n) is 14.0. The Morgan fingerprint density at radius 1 is 0.877 bits per heavy atom. The van der Waals surface area contributed by atoms with E-state index < -0.39 is 10.1 Å². The Morgan fingerprint density at radius 3 is 2.51 bits per heavy atom. The lowest BCUT2D eigenvalue weighted by atomic mass is 10.1. The van der Waals surface area contributed by atoms with E-state index in [0.29, 0.717) is 19.4 Å². The SMILES string of the molecule is O=C(CC(=C1Nc2ccccc2S1)c1nc2ccccc2s1)NC[n+]1c(C=C2Cc3ccccc3N2CCCCS(=O)(=O)O)sc2ccc(-c3ccccc3)cc21. The fraction of sp³-hybridized carbons (Fsp3) is 0.159. The topological polar surface area (TPSA) is 116 Å². The maximum Gasteiger partial charge on any atom is 0.266 e. The van der Waals surface area contributed by atoms with E-state index in [9.17, 15) is 17.8 Å². The summed E-state index contributed by atoms with van der Waals surface area (Å²) in [6.07, 6.45) is 4.02. The van der Waals surface area contributed by atoms with Gasteiger partial charge in [0.2, 0.25) is 18.1 Å². The van der Waals surface area contributed by atoms with Gasteiger partial charge in [0, 0.05) is 47.0 Å². The van der Waals surface area contributed by atoms with E-state index >= 15 is 0 Å². The minimum Gasteiger partial charge on any atom is -0.349 e. The summed E-state index contributed by atoms with van der Waals surface area (Å²) < 4.78 is 36.6. The fourth-order valence-electron chi connectivity index (χ4n) is 7.34. The monoisotopic (exact) mass is 828 g/mol. The number of rotatable bonds is 12. The lowest BCUT2D eigenvalue weighted by molar-refractivity contribution is -0.672. The quantitative estimate of drug-likeness (QED) is 0.0634. The van der Waals surface area contributed by atoms with E-state index in [2.05, 4.69) is 80.8 Å². The van der Waals surface area contributed by atoms with Crippen LogP contribution in [0.4, 0.5) is 11.4 Å². The summed E-state index contributed by atoms with van der Waals surface area (Å²) in [5, 5.41) is 9.54. The molecule has 4 heterocycles. The van der Waals surface area contributed by atoms with Crippen LogP contribution < -0.4 is 20.1 Å². The molecular weight excluding hydrogens is 791 g/mol. The van der Waals surface area contributed by atoms with Gasteiger partial charge >= 0.3 is 0 Å². The third-order valence-electron chi connectivity index (χ3n) is 10.1. The third-order valence-corrected chi connectivity index (χ3v) is 14.2. The molecule has 5 aromatic carbocycles. The van der Waals surface area contributed by atoms with E-state index in [1.807, 2.05) is 66.7 Å². The van der Waals surface area contributed by atoms with Crippen molar-refractivity contribution in [1.82, 2.24) is 10.3 Å². The van der Waals surface area contributed by atoms with E-state index in [1.165, 1.54) is 5.56 Å². The molecule has 1 amide bonds. The maximum atomic E-state index is 14.2. The lowest BCUT2D eigenvalue weighted by Crippen LogP contribution is -2.45. The number of nitrogens with zero attached hydrogens (tertiary/aromatic N) is 3. The maximum absolute atomic E-state index is 14.2. The number of hydrogen-bond donors (Lipinski definition) is 3. The molecule has 2 aliphatic rings. The minimum atomic E-state index is -4.03. The van der Waals surface area contributed by atoms with Crippen LogP contribution in [0.1, 0.15) is 34.8 Å². The molecule has 0 aliphatic carbocycles. The van der Waals surface area contributed by atoms with Gasteiger partial charge in [0.05, 0.1) is 33.1 Å². The summed E-state index contributed by atoms with van der Waals surface area (Å²) in [6, 6.07) is 41.2. The number of fused-ring (bicyclic) bond motifs is 4. The van der Waals surface area contributed by atoms with Gasteiger partial charge in [0.15, 0.2) is 0 Å². The second kappa shape index (κ2) is 15.9. The van der Waals surface area contributed by atoms with Crippen LogP contribution in [0.2, 0.25) is 0 Å². The first-order valence-electron chi connectivity index (χ1n) is 18.7. The number of benzene rings is 5. The Hall–Kier alpha value is -5.31. The second-order valence-corrected chi connectivity index (χ2v) is 18.7. The molecule has 2 aliphatic heterocycles. The van der Waals surface area contributed by atoms with Gasteiger partial charge in [0.25, 0.3) is 15.1 Å². The number of allylic oxidation sites excluding steroid dienone is 1. The Labute approximate surface area is 343 Å². The molecule has 3 N–H and O–H groups in total. The summed E-state index contributed by atoms with van der Waals surface area (Å²) in [5.74, 6) is -0.381. The number of nitrogens with one attached hydrogen (secondary N) is 2. The molecule has 2 aromatic heterocycles. The molecule has 0 radical (unpaired) electrons. The van der Waals surface area contributed by atoms with Crippen molar-refractivity contribution in [3.63, 3.8) is 0 Å². The van der Waals surface area contributed by atoms with Gasteiger partial charge in [-0.25, -0.2) is 4.98 Å². The zero-order chi connectivity index (χ0) is 38.9. The summed E-state index contributed by atoms with van der Waals surface area (Å²) in [4.78, 5) is 22.5. The number of thioether (sulfide) groups is 1. The van der Waals surface area contributed by atoms with Crippen LogP contribution in [-0.4, -0.2) is 36.2 Å². The van der Waals surface area contributed by atoms with E-state index in [4.69, 9.17) is 4.98 Å². The molecule has 9 rings (SSSR count). The number of carbonyl (C=O) groups is 1. The molecule has 0 saturated carbocycles. The molecule has 57 heavy (non-hydrogen) atoms. The molecule has 0 unspecified atom stereocenters. The number of thiazole rings is 2. The zero-order valence-corrected chi connectivity index (χ0v) is 34.0. The van der Waals surface area contributed by atoms with Crippen molar-refractivity contribution in [2.75, 3.05) is 22.5 Å². The molecule has 0 spiro atoms. The Kier molecular flexibility index (Phi) is 10.4. The van der Waals surface area contributed by atoms with Gasteiger partial charge in [-0.1, -0.05) is 102 Å². The highest BCUT2D eigenvalue weighted by Gasteiger charge is 2.29. The number of unbranched alkanes of at least 4 members (excludes halogenated alkanes) is 1. The van der Waals surface area contributed by atoms with Crippen LogP contribution in [0.25, 0.3) is 43.2 Å². The highest BCUT2D eigenvalue weighted by atomic mass is 32.2. The van der Waals surface area contributed by atoms with Crippen LogP contribution >= 0.6 is 34.4 Å². The van der Waals surface area contributed by atoms with E-state index in [-0.39, 0.29) is 24.7 Å². The van der Waals surface area contributed by atoms with Crippen LogP contribution in [0.5, 0.6) is 0 Å². The first-order valence-corrected chi connectivity index (χ1v) is 22.7. The molecule has 0 atom stereocenters. The molecule has 9 nitrogen and oxygen atoms in total. The van der Waals surface area contributed by atoms with Crippen LogP contribution in [0.15, 0.2) is 137 Å². The van der Waals surface area contributed by atoms with Crippen molar-refractivity contribution in [3.8, 4) is 11.1 Å². The van der Waals surface area contributed by atoms with Crippen molar-refractivity contribution >= 4 is 93.9 Å². The third kappa shape index (κ3) is 8.12. The highest BCUT2D eigenvalue weighted by molar-refractivity contribution is 8.04. The van der Waals surface area contributed by atoms with Crippen LogP contribution in [0, 0.1) is 0 Å². The van der Waals surface area contributed by atoms with Crippen molar-refractivity contribution in [2.45, 2.75) is 37.2 Å². The van der Waals surface area contributed by atoms with Crippen molar-refractivity contribution in [3.05, 3.63) is 148 Å². The lowest BCUT2D eigenvalue weighted by Gasteiger charge is -2.21.